The minimum absolute atomic E-state index is 0.0506. The highest BCUT2D eigenvalue weighted by Crippen LogP contribution is 2.35. The van der Waals surface area contributed by atoms with Gasteiger partial charge in [0.25, 0.3) is 0 Å². The summed E-state index contributed by atoms with van der Waals surface area (Å²) in [6.07, 6.45) is 1.32. The monoisotopic (exact) mass is 393 g/mol. The summed E-state index contributed by atoms with van der Waals surface area (Å²) in [5, 5.41) is 0. The van der Waals surface area contributed by atoms with Crippen molar-refractivity contribution in [2.24, 2.45) is 0 Å². The van der Waals surface area contributed by atoms with Crippen LogP contribution < -0.4 is 4.74 Å². The number of likely N-dealkylation sites (tertiary alicyclic amines) is 1. The fourth-order valence-corrected chi connectivity index (χ4v) is 5.35. The van der Waals surface area contributed by atoms with Gasteiger partial charge in [-0.15, -0.1) is 0 Å². The van der Waals surface area contributed by atoms with Crippen LogP contribution >= 0.6 is 0 Å². The van der Waals surface area contributed by atoms with Gasteiger partial charge in [-0.05, 0) is 77.9 Å². The van der Waals surface area contributed by atoms with Gasteiger partial charge >= 0.3 is 6.09 Å². The number of rotatable bonds is 5. The lowest BCUT2D eigenvalue weighted by atomic mass is 9.98. The molecule has 5 nitrogen and oxygen atoms in total. The highest BCUT2D eigenvalue weighted by Gasteiger charge is 2.46. The van der Waals surface area contributed by atoms with Gasteiger partial charge in [-0.2, -0.15) is 0 Å². The Labute approximate surface area is 165 Å². The Morgan fingerprint density at radius 3 is 2.30 bits per heavy atom. The maximum Gasteiger partial charge on any atom is 0.410 e. The SMILES string of the molecule is COc1ccc(CC2CC(C)(O[Si](C)(C)C)CN2C(=O)OC(C)(C)C)cc1. The zero-order valence-corrected chi connectivity index (χ0v) is 19.1. The molecule has 1 saturated heterocycles. The van der Waals surface area contributed by atoms with Crippen molar-refractivity contribution < 1.29 is 18.7 Å². The van der Waals surface area contributed by atoms with Crippen LogP contribution in [0.15, 0.2) is 24.3 Å². The van der Waals surface area contributed by atoms with Gasteiger partial charge < -0.3 is 18.8 Å². The minimum atomic E-state index is -1.74. The summed E-state index contributed by atoms with van der Waals surface area (Å²) >= 11 is 0. The summed E-state index contributed by atoms with van der Waals surface area (Å²) in [5.41, 5.74) is 0.324. The van der Waals surface area contributed by atoms with Crippen molar-refractivity contribution >= 4 is 14.4 Å². The molecule has 1 heterocycles. The van der Waals surface area contributed by atoms with Gasteiger partial charge in [-0.25, -0.2) is 4.79 Å². The molecular weight excluding hydrogens is 358 g/mol. The summed E-state index contributed by atoms with van der Waals surface area (Å²) in [4.78, 5) is 14.7. The Kier molecular flexibility index (Phi) is 6.32. The van der Waals surface area contributed by atoms with E-state index in [0.717, 1.165) is 18.6 Å². The molecule has 0 aromatic heterocycles. The first-order chi connectivity index (χ1) is 12.3. The van der Waals surface area contributed by atoms with E-state index in [0.29, 0.717) is 6.54 Å². The molecule has 0 spiro atoms. The van der Waals surface area contributed by atoms with Crippen molar-refractivity contribution in [2.45, 2.75) is 77.4 Å². The van der Waals surface area contributed by atoms with Crippen molar-refractivity contribution in [3.63, 3.8) is 0 Å². The molecule has 2 unspecified atom stereocenters. The van der Waals surface area contributed by atoms with Gasteiger partial charge in [0, 0.05) is 6.04 Å². The molecule has 1 aliphatic rings. The topological polar surface area (TPSA) is 48.0 Å². The number of nitrogens with zero attached hydrogens (tertiary/aromatic N) is 1. The number of ether oxygens (including phenoxy) is 2. The van der Waals surface area contributed by atoms with E-state index in [1.807, 2.05) is 37.8 Å². The van der Waals surface area contributed by atoms with Crippen LogP contribution in [0.5, 0.6) is 5.75 Å². The lowest BCUT2D eigenvalue weighted by molar-refractivity contribution is 0.0173. The standard InChI is InChI=1S/C21H35NO4Si/c1-20(2,3)25-19(23)22-15-21(4,26-27(6,7)8)14-17(22)13-16-9-11-18(24-5)12-10-16/h9-12,17H,13-15H2,1-8H3. The van der Waals surface area contributed by atoms with Crippen LogP contribution in [0.1, 0.15) is 39.7 Å². The van der Waals surface area contributed by atoms with Crippen LogP contribution in [-0.4, -0.2) is 50.2 Å². The minimum Gasteiger partial charge on any atom is -0.497 e. The largest absolute Gasteiger partial charge is 0.497 e. The fourth-order valence-electron chi connectivity index (χ4n) is 3.73. The van der Waals surface area contributed by atoms with Gasteiger partial charge in [0.15, 0.2) is 8.32 Å². The fraction of sp³-hybridized carbons (Fsp3) is 0.667. The molecule has 0 radical (unpaired) electrons. The van der Waals surface area contributed by atoms with Crippen molar-refractivity contribution in [2.75, 3.05) is 13.7 Å². The number of hydrogen-bond donors (Lipinski definition) is 0. The molecule has 1 fully saturated rings. The summed E-state index contributed by atoms with van der Waals surface area (Å²) in [6, 6.07) is 8.08. The van der Waals surface area contributed by atoms with E-state index in [4.69, 9.17) is 13.9 Å². The van der Waals surface area contributed by atoms with Gasteiger partial charge in [0.1, 0.15) is 11.4 Å². The Balaban J connectivity index is 2.21. The normalized spacial score (nSPS) is 23.4. The number of carbonyl (C=O) groups is 1. The molecular formula is C21H35NO4Si. The van der Waals surface area contributed by atoms with Crippen LogP contribution in [0.4, 0.5) is 4.79 Å². The molecule has 1 amide bonds. The molecule has 0 aliphatic carbocycles. The molecule has 6 heteroatoms. The van der Waals surface area contributed by atoms with E-state index in [9.17, 15) is 4.79 Å². The Bertz CT molecular complexity index is 648. The first kappa shape index (κ1) is 21.8. The molecule has 0 saturated carbocycles. The summed E-state index contributed by atoms with van der Waals surface area (Å²) in [7, 11) is -0.0730. The predicted octanol–water partition coefficient (Wildman–Crippen LogP) is 4.86. The van der Waals surface area contributed by atoms with Crippen LogP contribution in [-0.2, 0) is 15.6 Å². The maximum absolute atomic E-state index is 12.9. The molecule has 1 aliphatic heterocycles. The molecule has 0 bridgehead atoms. The Morgan fingerprint density at radius 2 is 1.81 bits per heavy atom. The third kappa shape index (κ3) is 6.54. The number of benzene rings is 1. The summed E-state index contributed by atoms with van der Waals surface area (Å²) < 4.78 is 17.4. The second-order valence-corrected chi connectivity index (χ2v) is 14.1. The quantitative estimate of drug-likeness (QED) is 0.671. The van der Waals surface area contributed by atoms with E-state index < -0.39 is 13.9 Å². The van der Waals surface area contributed by atoms with Gasteiger partial charge in [-0.3, -0.25) is 0 Å². The lowest BCUT2D eigenvalue weighted by Crippen LogP contribution is -2.44. The molecule has 1 aromatic rings. The van der Waals surface area contributed by atoms with Gasteiger partial charge in [-0.1, -0.05) is 12.1 Å². The van der Waals surface area contributed by atoms with E-state index >= 15 is 0 Å². The van der Waals surface area contributed by atoms with E-state index in [1.165, 1.54) is 5.56 Å². The molecule has 2 atom stereocenters. The summed E-state index contributed by atoms with van der Waals surface area (Å²) in [6.45, 7) is 14.9. The van der Waals surface area contributed by atoms with E-state index in [1.54, 1.807) is 7.11 Å². The highest BCUT2D eigenvalue weighted by atomic mass is 28.4. The average molecular weight is 394 g/mol. The van der Waals surface area contributed by atoms with Crippen molar-refractivity contribution in [3.05, 3.63) is 29.8 Å². The second kappa shape index (κ2) is 7.84. The highest BCUT2D eigenvalue weighted by molar-refractivity contribution is 6.69. The average Bonchev–Trinajstić information content (AvgIpc) is 2.80. The van der Waals surface area contributed by atoms with Crippen molar-refractivity contribution in [1.82, 2.24) is 4.90 Å². The molecule has 27 heavy (non-hydrogen) atoms. The number of hydrogen-bond acceptors (Lipinski definition) is 4. The zero-order valence-electron chi connectivity index (χ0n) is 18.1. The molecule has 152 valence electrons. The van der Waals surface area contributed by atoms with Crippen molar-refractivity contribution in [3.8, 4) is 5.75 Å². The lowest BCUT2D eigenvalue weighted by Gasteiger charge is -2.33. The number of amides is 1. The first-order valence-corrected chi connectivity index (χ1v) is 13.0. The van der Waals surface area contributed by atoms with E-state index in [-0.39, 0.29) is 17.7 Å². The predicted molar refractivity (Wildman–Crippen MR) is 111 cm³/mol. The maximum atomic E-state index is 12.9. The smallest absolute Gasteiger partial charge is 0.410 e. The van der Waals surface area contributed by atoms with Crippen LogP contribution in [0.2, 0.25) is 19.6 Å². The summed E-state index contributed by atoms with van der Waals surface area (Å²) in [5.74, 6) is 0.834. The Morgan fingerprint density at radius 1 is 1.22 bits per heavy atom. The number of methoxy groups -OCH3 is 1. The molecule has 1 aromatic carbocycles. The van der Waals surface area contributed by atoms with Crippen LogP contribution in [0.25, 0.3) is 0 Å². The van der Waals surface area contributed by atoms with E-state index in [2.05, 4.69) is 38.7 Å². The zero-order chi connectivity index (χ0) is 20.5. The molecule has 0 N–H and O–H groups in total. The van der Waals surface area contributed by atoms with Crippen LogP contribution in [0, 0.1) is 0 Å². The molecule has 2 rings (SSSR count). The van der Waals surface area contributed by atoms with Gasteiger partial charge in [0.05, 0.1) is 19.3 Å². The Hall–Kier alpha value is -1.53. The third-order valence-electron chi connectivity index (χ3n) is 4.42. The number of carbonyl (C=O) groups excluding carboxylic acids is 1. The third-order valence-corrected chi connectivity index (χ3v) is 5.53. The first-order valence-electron chi connectivity index (χ1n) is 9.63. The van der Waals surface area contributed by atoms with Gasteiger partial charge in [0.2, 0.25) is 0 Å². The second-order valence-electron chi connectivity index (χ2n) is 9.68. The van der Waals surface area contributed by atoms with Crippen LogP contribution in [0.3, 0.4) is 0 Å². The van der Waals surface area contributed by atoms with Crippen molar-refractivity contribution in [1.29, 1.82) is 0 Å².